The molecule has 0 heterocycles. The summed E-state index contributed by atoms with van der Waals surface area (Å²) in [6.45, 7) is 3.32. The standard InChI is InChI=1S/C18H25N/c1-2-3-9-17-15-10-11-16(12-15)18(17)19-13-14-7-5-4-6-8-14/h4-8,10-11,15-19H,2-3,9,12-13H2,1H3/t15?,16?,17-,18-/m0/s1. The van der Waals surface area contributed by atoms with E-state index in [0.717, 1.165) is 24.3 Å². The van der Waals surface area contributed by atoms with Crippen molar-refractivity contribution in [1.82, 2.24) is 5.32 Å². The molecule has 0 aromatic heterocycles. The Kier molecular flexibility index (Phi) is 4.03. The summed E-state index contributed by atoms with van der Waals surface area (Å²) in [6.07, 6.45) is 10.4. The summed E-state index contributed by atoms with van der Waals surface area (Å²) in [6, 6.07) is 11.5. The normalized spacial score (nSPS) is 32.1. The monoisotopic (exact) mass is 255 g/mol. The lowest BCUT2D eigenvalue weighted by atomic mass is 9.85. The molecule has 2 bridgehead atoms. The Hall–Kier alpha value is -1.08. The van der Waals surface area contributed by atoms with Crippen LogP contribution >= 0.6 is 0 Å². The fourth-order valence-corrected chi connectivity index (χ4v) is 3.89. The molecule has 1 saturated carbocycles. The molecule has 1 heteroatoms. The predicted octanol–water partition coefficient (Wildman–Crippen LogP) is 4.16. The van der Waals surface area contributed by atoms with E-state index in [1.807, 2.05) is 0 Å². The van der Waals surface area contributed by atoms with Gasteiger partial charge in [-0.3, -0.25) is 0 Å². The first-order valence-corrected chi connectivity index (χ1v) is 7.84. The van der Waals surface area contributed by atoms with Crippen molar-refractivity contribution < 1.29 is 0 Å². The van der Waals surface area contributed by atoms with Crippen LogP contribution in [0.25, 0.3) is 0 Å². The molecule has 1 aromatic carbocycles. The molecule has 1 nitrogen and oxygen atoms in total. The van der Waals surface area contributed by atoms with E-state index >= 15 is 0 Å². The molecule has 2 unspecified atom stereocenters. The highest BCUT2D eigenvalue weighted by molar-refractivity contribution is 5.18. The van der Waals surface area contributed by atoms with Crippen molar-refractivity contribution in [2.45, 2.75) is 45.2 Å². The fraction of sp³-hybridized carbons (Fsp3) is 0.556. The van der Waals surface area contributed by atoms with Gasteiger partial charge in [0.1, 0.15) is 0 Å². The number of fused-ring (bicyclic) bond motifs is 2. The van der Waals surface area contributed by atoms with E-state index in [1.165, 1.54) is 31.2 Å². The number of nitrogens with one attached hydrogen (secondary N) is 1. The zero-order chi connectivity index (χ0) is 13.1. The molecule has 1 fully saturated rings. The molecule has 0 aliphatic heterocycles. The maximum Gasteiger partial charge on any atom is 0.0208 e. The van der Waals surface area contributed by atoms with Gasteiger partial charge in [0, 0.05) is 12.6 Å². The maximum absolute atomic E-state index is 3.84. The van der Waals surface area contributed by atoms with Crippen LogP contribution < -0.4 is 5.32 Å². The Morgan fingerprint density at radius 2 is 1.89 bits per heavy atom. The van der Waals surface area contributed by atoms with E-state index in [4.69, 9.17) is 0 Å². The van der Waals surface area contributed by atoms with Gasteiger partial charge in [-0.1, -0.05) is 62.2 Å². The van der Waals surface area contributed by atoms with Crippen LogP contribution in [0.2, 0.25) is 0 Å². The average Bonchev–Trinajstić information content (AvgIpc) is 3.05. The summed E-state index contributed by atoms with van der Waals surface area (Å²) in [4.78, 5) is 0. The molecule has 1 N–H and O–H groups in total. The van der Waals surface area contributed by atoms with E-state index in [1.54, 1.807) is 0 Å². The number of benzene rings is 1. The van der Waals surface area contributed by atoms with Crippen LogP contribution in [0.4, 0.5) is 0 Å². The second kappa shape index (κ2) is 5.92. The number of allylic oxidation sites excluding steroid dienone is 1. The Labute approximate surface area is 117 Å². The number of unbranched alkanes of at least 4 members (excludes halogenated alkanes) is 1. The van der Waals surface area contributed by atoms with Crippen LogP contribution in [0.15, 0.2) is 42.5 Å². The minimum Gasteiger partial charge on any atom is -0.309 e. The van der Waals surface area contributed by atoms with Crippen LogP contribution in [0.3, 0.4) is 0 Å². The van der Waals surface area contributed by atoms with E-state index < -0.39 is 0 Å². The highest BCUT2D eigenvalue weighted by atomic mass is 14.9. The molecule has 2 aliphatic rings. The smallest absolute Gasteiger partial charge is 0.0208 e. The molecule has 0 amide bonds. The lowest BCUT2D eigenvalue weighted by molar-refractivity contribution is 0.305. The first kappa shape index (κ1) is 12.9. The second-order valence-corrected chi connectivity index (χ2v) is 6.15. The van der Waals surface area contributed by atoms with Crippen LogP contribution in [0.1, 0.15) is 38.2 Å². The van der Waals surface area contributed by atoms with Gasteiger partial charge in [-0.15, -0.1) is 0 Å². The van der Waals surface area contributed by atoms with Crippen molar-refractivity contribution >= 4 is 0 Å². The molecule has 0 spiro atoms. The molecule has 0 saturated heterocycles. The lowest BCUT2D eigenvalue weighted by Crippen LogP contribution is -2.38. The number of rotatable bonds is 6. The third-order valence-electron chi connectivity index (χ3n) is 4.90. The van der Waals surface area contributed by atoms with Gasteiger partial charge >= 0.3 is 0 Å². The quantitative estimate of drug-likeness (QED) is 0.753. The van der Waals surface area contributed by atoms with Crippen LogP contribution in [-0.2, 0) is 6.54 Å². The van der Waals surface area contributed by atoms with Crippen LogP contribution in [-0.4, -0.2) is 6.04 Å². The van der Waals surface area contributed by atoms with Gasteiger partial charge in [0.05, 0.1) is 0 Å². The van der Waals surface area contributed by atoms with E-state index in [2.05, 4.69) is 54.7 Å². The molecule has 0 radical (unpaired) electrons. The van der Waals surface area contributed by atoms with E-state index in [9.17, 15) is 0 Å². The Morgan fingerprint density at radius 3 is 2.68 bits per heavy atom. The second-order valence-electron chi connectivity index (χ2n) is 6.15. The minimum absolute atomic E-state index is 0.710. The first-order chi connectivity index (χ1) is 9.38. The molecular formula is C18H25N. The van der Waals surface area contributed by atoms with Gasteiger partial charge in [-0.2, -0.15) is 0 Å². The zero-order valence-electron chi connectivity index (χ0n) is 11.9. The van der Waals surface area contributed by atoms with Crippen molar-refractivity contribution in [2.24, 2.45) is 17.8 Å². The highest BCUT2D eigenvalue weighted by Gasteiger charge is 2.43. The van der Waals surface area contributed by atoms with Crippen molar-refractivity contribution in [3.8, 4) is 0 Å². The Balaban J connectivity index is 1.61. The van der Waals surface area contributed by atoms with Gasteiger partial charge in [0.15, 0.2) is 0 Å². The molecular weight excluding hydrogens is 230 g/mol. The number of hydrogen-bond acceptors (Lipinski definition) is 1. The van der Waals surface area contributed by atoms with Crippen molar-refractivity contribution in [2.75, 3.05) is 0 Å². The summed E-state index contributed by atoms with van der Waals surface area (Å²) in [7, 11) is 0. The maximum atomic E-state index is 3.84. The first-order valence-electron chi connectivity index (χ1n) is 7.84. The van der Waals surface area contributed by atoms with Gasteiger partial charge in [-0.25, -0.2) is 0 Å². The predicted molar refractivity (Wildman–Crippen MR) is 80.8 cm³/mol. The number of hydrogen-bond donors (Lipinski definition) is 1. The summed E-state index contributed by atoms with van der Waals surface area (Å²) in [5.74, 6) is 2.51. The molecule has 3 rings (SSSR count). The van der Waals surface area contributed by atoms with E-state index in [0.29, 0.717) is 6.04 Å². The third-order valence-corrected chi connectivity index (χ3v) is 4.90. The molecule has 102 valence electrons. The molecule has 2 aliphatic carbocycles. The Morgan fingerprint density at radius 1 is 1.11 bits per heavy atom. The molecule has 19 heavy (non-hydrogen) atoms. The van der Waals surface area contributed by atoms with Crippen LogP contribution in [0.5, 0.6) is 0 Å². The largest absolute Gasteiger partial charge is 0.309 e. The highest BCUT2D eigenvalue weighted by Crippen LogP contribution is 2.45. The lowest BCUT2D eigenvalue weighted by Gasteiger charge is -2.29. The van der Waals surface area contributed by atoms with Gasteiger partial charge < -0.3 is 5.32 Å². The van der Waals surface area contributed by atoms with Gasteiger partial charge in [0.2, 0.25) is 0 Å². The summed E-state index contributed by atoms with van der Waals surface area (Å²) in [5, 5.41) is 3.84. The van der Waals surface area contributed by atoms with Crippen molar-refractivity contribution in [3.05, 3.63) is 48.0 Å². The van der Waals surface area contributed by atoms with Gasteiger partial charge in [-0.05, 0) is 36.2 Å². The van der Waals surface area contributed by atoms with Crippen molar-refractivity contribution in [3.63, 3.8) is 0 Å². The fourth-order valence-electron chi connectivity index (χ4n) is 3.89. The van der Waals surface area contributed by atoms with Crippen LogP contribution in [0, 0.1) is 17.8 Å². The molecule has 1 aromatic rings. The summed E-state index contributed by atoms with van der Waals surface area (Å²) < 4.78 is 0. The SMILES string of the molecule is CCCC[C@H]1C2C=CC(C2)[C@@H]1NCc1ccccc1. The van der Waals surface area contributed by atoms with Gasteiger partial charge in [0.25, 0.3) is 0 Å². The van der Waals surface area contributed by atoms with Crippen molar-refractivity contribution in [1.29, 1.82) is 0 Å². The third kappa shape index (κ3) is 2.76. The minimum atomic E-state index is 0.710. The molecule has 4 atom stereocenters. The summed E-state index contributed by atoms with van der Waals surface area (Å²) in [5.41, 5.74) is 1.41. The zero-order valence-corrected chi connectivity index (χ0v) is 11.9. The Bertz CT molecular complexity index is 423. The average molecular weight is 255 g/mol. The summed E-state index contributed by atoms with van der Waals surface area (Å²) >= 11 is 0. The van der Waals surface area contributed by atoms with E-state index in [-0.39, 0.29) is 0 Å². The topological polar surface area (TPSA) is 12.0 Å².